The number of aliphatic hydroxyl groups is 1. The first kappa shape index (κ1) is 25.7. The Morgan fingerprint density at radius 3 is 2.32 bits per heavy atom. The molecule has 0 radical (unpaired) electrons. The van der Waals surface area contributed by atoms with E-state index in [4.69, 9.17) is 5.73 Å². The van der Waals surface area contributed by atoms with Crippen molar-refractivity contribution in [1.82, 2.24) is 10.2 Å². The number of nitrogens with zero attached hydrogens (tertiary/aromatic N) is 2. The Kier molecular flexibility index (Phi) is 6.84. The average Bonchev–Trinajstić information content (AvgIpc) is 2.87. The summed E-state index contributed by atoms with van der Waals surface area (Å²) in [6.07, 6.45) is 0. The second-order valence-electron chi connectivity index (χ2n) is 9.76. The summed E-state index contributed by atoms with van der Waals surface area (Å²) in [5.41, 5.74) is 6.36. The van der Waals surface area contributed by atoms with Gasteiger partial charge in [0.2, 0.25) is 0 Å². The maximum Gasteiger partial charge on any atom is 0.321 e. The van der Waals surface area contributed by atoms with Crippen LogP contribution in [-0.4, -0.2) is 42.2 Å². The number of halogens is 3. The highest BCUT2D eigenvalue weighted by molar-refractivity contribution is 5.89. The molecule has 2 bridgehead atoms. The molecule has 2 aliphatic heterocycles. The molecule has 2 atom stereocenters. The Morgan fingerprint density at radius 1 is 1.05 bits per heavy atom. The van der Waals surface area contributed by atoms with Crippen LogP contribution in [-0.2, 0) is 12.1 Å². The SMILES string of the molecule is N#Cc1cc(CN)ccc1-c1ccc(C2(O)C3CNCC2CN(C(=O)Nc2cc(F)cc(F)c2)C3)cc1F. The summed E-state index contributed by atoms with van der Waals surface area (Å²) < 4.78 is 42.5. The third-order valence-corrected chi connectivity index (χ3v) is 7.47. The summed E-state index contributed by atoms with van der Waals surface area (Å²) in [5, 5.41) is 27.2. The molecule has 2 unspecified atom stereocenters. The lowest BCUT2D eigenvalue weighted by atomic mass is 9.67. The zero-order chi connectivity index (χ0) is 27.0. The van der Waals surface area contributed by atoms with Gasteiger partial charge >= 0.3 is 6.03 Å². The molecule has 2 aliphatic rings. The minimum absolute atomic E-state index is 0.00878. The Bertz CT molecular complexity index is 1410. The number of likely N-dealkylation sites (tertiary alicyclic amines) is 1. The zero-order valence-corrected chi connectivity index (χ0v) is 20.3. The summed E-state index contributed by atoms with van der Waals surface area (Å²) in [6, 6.07) is 13.9. The van der Waals surface area contributed by atoms with Crippen molar-refractivity contribution >= 4 is 11.7 Å². The Morgan fingerprint density at radius 2 is 1.71 bits per heavy atom. The van der Waals surface area contributed by atoms with Crippen molar-refractivity contribution < 1.29 is 23.1 Å². The number of carbonyl (C=O) groups is 1. The van der Waals surface area contributed by atoms with Crippen molar-refractivity contribution in [2.45, 2.75) is 12.1 Å². The Labute approximate surface area is 217 Å². The van der Waals surface area contributed by atoms with E-state index < -0.39 is 40.9 Å². The molecule has 2 heterocycles. The molecule has 38 heavy (non-hydrogen) atoms. The molecule has 5 rings (SSSR count). The third-order valence-electron chi connectivity index (χ3n) is 7.47. The van der Waals surface area contributed by atoms with Crippen molar-refractivity contribution in [3.05, 3.63) is 88.7 Å². The van der Waals surface area contributed by atoms with E-state index in [9.17, 15) is 23.9 Å². The summed E-state index contributed by atoms with van der Waals surface area (Å²) in [6.45, 7) is 1.31. The molecule has 2 fully saturated rings. The fourth-order valence-electron chi connectivity index (χ4n) is 5.58. The van der Waals surface area contributed by atoms with Gasteiger partial charge in [0.05, 0.1) is 11.6 Å². The standard InChI is InChI=1S/C28H26F3N5O2/c29-21-7-22(30)9-23(8-21)35-27(37)36-14-19-12-34-13-20(15-36)28(19,38)18-2-4-25(26(31)6-18)24-3-1-16(10-32)5-17(24)11-33/h1-9,19-20,34,38H,10,12-15,32H2,(H,35,37). The van der Waals surface area contributed by atoms with E-state index in [0.717, 1.165) is 17.7 Å². The molecule has 7 nitrogen and oxygen atoms in total. The molecule has 5 N–H and O–H groups in total. The van der Waals surface area contributed by atoms with Gasteiger partial charge in [-0.1, -0.05) is 24.3 Å². The number of nitriles is 1. The average molecular weight is 522 g/mol. The topological polar surface area (TPSA) is 114 Å². The van der Waals surface area contributed by atoms with Crippen LogP contribution in [0, 0.1) is 40.6 Å². The Balaban J connectivity index is 1.40. The zero-order valence-electron chi connectivity index (χ0n) is 20.3. The molecule has 0 spiro atoms. The number of amides is 2. The van der Waals surface area contributed by atoms with Crippen LogP contribution in [0.5, 0.6) is 0 Å². The molecule has 0 saturated carbocycles. The van der Waals surface area contributed by atoms with Crippen LogP contribution in [0.3, 0.4) is 0 Å². The second kappa shape index (κ2) is 10.1. The van der Waals surface area contributed by atoms with Gasteiger partial charge in [0.1, 0.15) is 23.1 Å². The number of piperidine rings is 2. The number of nitrogens with one attached hydrogen (secondary N) is 2. The van der Waals surface area contributed by atoms with Crippen LogP contribution in [0.4, 0.5) is 23.7 Å². The van der Waals surface area contributed by atoms with Crippen molar-refractivity contribution in [1.29, 1.82) is 5.26 Å². The van der Waals surface area contributed by atoms with Gasteiger partial charge in [-0.25, -0.2) is 18.0 Å². The van der Waals surface area contributed by atoms with E-state index in [1.165, 1.54) is 11.0 Å². The van der Waals surface area contributed by atoms with E-state index in [-0.39, 0.29) is 30.9 Å². The first-order valence-electron chi connectivity index (χ1n) is 12.2. The third kappa shape index (κ3) is 4.60. The monoisotopic (exact) mass is 521 g/mol. The number of carbonyl (C=O) groups excluding carboxylic acids is 1. The molecule has 10 heteroatoms. The molecule has 0 aliphatic carbocycles. The van der Waals surface area contributed by atoms with Crippen LogP contribution >= 0.6 is 0 Å². The van der Waals surface area contributed by atoms with E-state index in [1.807, 2.05) is 0 Å². The van der Waals surface area contributed by atoms with Gasteiger partial charge in [0, 0.05) is 67.4 Å². The number of hydrogen-bond acceptors (Lipinski definition) is 5. The van der Waals surface area contributed by atoms with Crippen molar-refractivity contribution in [2.75, 3.05) is 31.5 Å². The second-order valence-corrected chi connectivity index (χ2v) is 9.76. The number of rotatable bonds is 4. The highest BCUT2D eigenvalue weighted by atomic mass is 19.1. The highest BCUT2D eigenvalue weighted by Gasteiger charge is 2.52. The number of benzene rings is 3. The molecular formula is C28H26F3N5O2. The van der Waals surface area contributed by atoms with Crippen molar-refractivity contribution in [3.63, 3.8) is 0 Å². The highest BCUT2D eigenvalue weighted by Crippen LogP contribution is 2.44. The number of hydrogen-bond donors (Lipinski definition) is 4. The van der Waals surface area contributed by atoms with E-state index >= 15 is 4.39 Å². The maximum absolute atomic E-state index is 15.5. The first-order chi connectivity index (χ1) is 18.2. The fraction of sp³-hybridized carbons (Fsp3) is 0.286. The van der Waals surface area contributed by atoms with Crippen LogP contribution in [0.15, 0.2) is 54.6 Å². The van der Waals surface area contributed by atoms with Crippen molar-refractivity contribution in [3.8, 4) is 17.2 Å². The van der Waals surface area contributed by atoms with Gasteiger partial charge < -0.3 is 26.4 Å². The van der Waals surface area contributed by atoms with E-state index in [1.54, 1.807) is 30.3 Å². The molecular weight excluding hydrogens is 495 g/mol. The summed E-state index contributed by atoms with van der Waals surface area (Å²) in [7, 11) is 0. The maximum atomic E-state index is 15.5. The Hall–Kier alpha value is -3.91. The van der Waals surface area contributed by atoms with Crippen LogP contribution < -0.4 is 16.4 Å². The van der Waals surface area contributed by atoms with Crippen LogP contribution in [0.25, 0.3) is 11.1 Å². The normalized spacial score (nSPS) is 22.6. The van der Waals surface area contributed by atoms with Crippen LogP contribution in [0.2, 0.25) is 0 Å². The van der Waals surface area contributed by atoms with Gasteiger partial charge in [0.15, 0.2) is 0 Å². The number of anilines is 1. The number of urea groups is 1. The predicted molar refractivity (Wildman–Crippen MR) is 135 cm³/mol. The lowest BCUT2D eigenvalue weighted by Crippen LogP contribution is -2.65. The lowest BCUT2D eigenvalue weighted by molar-refractivity contribution is -0.129. The number of fused-ring (bicyclic) bond motifs is 2. The first-order valence-corrected chi connectivity index (χ1v) is 12.2. The minimum Gasteiger partial charge on any atom is -0.384 e. The van der Waals surface area contributed by atoms with Crippen LogP contribution in [0.1, 0.15) is 16.7 Å². The minimum atomic E-state index is -1.41. The van der Waals surface area contributed by atoms with E-state index in [2.05, 4.69) is 16.7 Å². The smallest absolute Gasteiger partial charge is 0.321 e. The van der Waals surface area contributed by atoms with Gasteiger partial charge in [0.25, 0.3) is 0 Å². The molecule has 2 amide bonds. The van der Waals surface area contributed by atoms with Gasteiger partial charge in [-0.3, -0.25) is 0 Å². The predicted octanol–water partition coefficient (Wildman–Crippen LogP) is 3.67. The molecule has 196 valence electrons. The molecule has 3 aromatic carbocycles. The molecule has 3 aromatic rings. The van der Waals surface area contributed by atoms with Gasteiger partial charge in [-0.15, -0.1) is 0 Å². The lowest BCUT2D eigenvalue weighted by Gasteiger charge is -2.53. The number of nitrogens with two attached hydrogens (primary N) is 1. The van der Waals surface area contributed by atoms with E-state index in [0.29, 0.717) is 35.8 Å². The summed E-state index contributed by atoms with van der Waals surface area (Å²) >= 11 is 0. The molecule has 2 saturated heterocycles. The summed E-state index contributed by atoms with van der Waals surface area (Å²) in [4.78, 5) is 14.4. The fourth-order valence-corrected chi connectivity index (χ4v) is 5.58. The summed E-state index contributed by atoms with van der Waals surface area (Å²) in [5.74, 6) is -3.12. The quantitative estimate of drug-likeness (QED) is 0.418. The van der Waals surface area contributed by atoms with Crippen molar-refractivity contribution in [2.24, 2.45) is 17.6 Å². The largest absolute Gasteiger partial charge is 0.384 e. The molecule has 0 aromatic heterocycles. The van der Waals surface area contributed by atoms with Gasteiger partial charge in [-0.05, 0) is 35.4 Å². The van der Waals surface area contributed by atoms with Gasteiger partial charge in [-0.2, -0.15) is 5.26 Å².